The maximum atomic E-state index is 2.63. The SMILES string of the molecule is CC(C)[C@@H]1CC[C@@]2(C)[C@@H]3C[C@H]4C([C@@H]31)C42C. The Balaban J connectivity index is 1.80. The third-order valence-electron chi connectivity index (χ3n) is 7.57. The highest BCUT2D eigenvalue weighted by Gasteiger charge is 2.86. The van der Waals surface area contributed by atoms with Crippen molar-refractivity contribution in [3.05, 3.63) is 0 Å². The molecule has 7 atom stereocenters. The molecule has 0 heterocycles. The quantitative estimate of drug-likeness (QED) is 0.606. The Bertz CT molecular complexity index is 329. The molecule has 0 aliphatic heterocycles. The van der Waals surface area contributed by atoms with Crippen LogP contribution in [0.15, 0.2) is 0 Å². The van der Waals surface area contributed by atoms with Crippen LogP contribution in [0.3, 0.4) is 0 Å². The van der Waals surface area contributed by atoms with E-state index in [1.165, 1.54) is 6.42 Å². The van der Waals surface area contributed by atoms with Crippen LogP contribution in [0.5, 0.6) is 0 Å². The van der Waals surface area contributed by atoms with Crippen molar-refractivity contribution in [2.75, 3.05) is 0 Å². The highest BCUT2D eigenvalue weighted by atomic mass is 14.9. The van der Waals surface area contributed by atoms with Crippen molar-refractivity contribution < 1.29 is 0 Å². The number of hydrogen-bond donors (Lipinski definition) is 0. The highest BCUT2D eigenvalue weighted by molar-refractivity contribution is 5.33. The molecule has 0 aromatic heterocycles. The van der Waals surface area contributed by atoms with Crippen molar-refractivity contribution in [2.24, 2.45) is 46.3 Å². The van der Waals surface area contributed by atoms with E-state index in [4.69, 9.17) is 0 Å². The molecule has 0 spiro atoms. The largest absolute Gasteiger partial charge is 0.0625 e. The van der Waals surface area contributed by atoms with E-state index in [1.54, 1.807) is 12.8 Å². The van der Waals surface area contributed by atoms with Gasteiger partial charge in [-0.3, -0.25) is 0 Å². The van der Waals surface area contributed by atoms with Gasteiger partial charge in [-0.05, 0) is 65.6 Å². The van der Waals surface area contributed by atoms with E-state index in [9.17, 15) is 0 Å². The first-order chi connectivity index (χ1) is 7.02. The van der Waals surface area contributed by atoms with Gasteiger partial charge in [-0.25, -0.2) is 0 Å². The van der Waals surface area contributed by atoms with Crippen LogP contribution in [0.25, 0.3) is 0 Å². The van der Waals surface area contributed by atoms with Crippen LogP contribution >= 0.6 is 0 Å². The maximum absolute atomic E-state index is 2.63. The normalized spacial score (nSPS) is 69.0. The molecule has 5 aliphatic carbocycles. The average molecular weight is 204 g/mol. The van der Waals surface area contributed by atoms with E-state index in [0.717, 1.165) is 46.3 Å². The average Bonchev–Trinajstić information content (AvgIpc) is 2.49. The van der Waals surface area contributed by atoms with Crippen LogP contribution in [0, 0.1) is 46.3 Å². The molecular formula is C15H24. The molecule has 5 rings (SSSR count). The maximum Gasteiger partial charge on any atom is -0.0204 e. The highest BCUT2D eigenvalue weighted by Crippen LogP contribution is 2.91. The minimum Gasteiger partial charge on any atom is -0.0625 e. The van der Waals surface area contributed by atoms with Gasteiger partial charge < -0.3 is 0 Å². The van der Waals surface area contributed by atoms with Gasteiger partial charge in [0.2, 0.25) is 0 Å². The van der Waals surface area contributed by atoms with E-state index < -0.39 is 0 Å². The molecule has 2 unspecified atom stereocenters. The Labute approximate surface area is 93.8 Å². The van der Waals surface area contributed by atoms with Gasteiger partial charge in [0.15, 0.2) is 0 Å². The van der Waals surface area contributed by atoms with Crippen molar-refractivity contribution in [3.8, 4) is 0 Å². The second kappa shape index (κ2) is 2.17. The van der Waals surface area contributed by atoms with Crippen LogP contribution < -0.4 is 0 Å². The minimum absolute atomic E-state index is 0.762. The molecule has 0 nitrogen and oxygen atoms in total. The summed E-state index contributed by atoms with van der Waals surface area (Å²) in [7, 11) is 0. The van der Waals surface area contributed by atoms with E-state index >= 15 is 0 Å². The van der Waals surface area contributed by atoms with Gasteiger partial charge in [-0.2, -0.15) is 0 Å². The van der Waals surface area contributed by atoms with Crippen molar-refractivity contribution in [1.29, 1.82) is 0 Å². The Morgan fingerprint density at radius 2 is 1.87 bits per heavy atom. The molecule has 0 radical (unpaired) electrons. The predicted octanol–water partition coefficient (Wildman–Crippen LogP) is 3.96. The molecule has 5 fully saturated rings. The fourth-order valence-electron chi connectivity index (χ4n) is 6.72. The summed E-state index contributed by atoms with van der Waals surface area (Å²) in [5.74, 6) is 6.57. The van der Waals surface area contributed by atoms with Gasteiger partial charge in [0, 0.05) is 0 Å². The van der Waals surface area contributed by atoms with Crippen LogP contribution in [0.4, 0.5) is 0 Å². The summed E-state index contributed by atoms with van der Waals surface area (Å²) in [6, 6.07) is 0. The molecule has 84 valence electrons. The fraction of sp³-hybridized carbons (Fsp3) is 1.00. The topological polar surface area (TPSA) is 0 Å². The zero-order valence-corrected chi connectivity index (χ0v) is 10.6. The molecule has 0 aromatic rings. The van der Waals surface area contributed by atoms with Crippen LogP contribution in [0.1, 0.15) is 47.0 Å². The predicted molar refractivity (Wildman–Crippen MR) is 62.4 cm³/mol. The molecule has 0 N–H and O–H groups in total. The number of hydrogen-bond acceptors (Lipinski definition) is 0. The van der Waals surface area contributed by atoms with E-state index in [2.05, 4.69) is 27.7 Å². The summed E-state index contributed by atoms with van der Waals surface area (Å²) < 4.78 is 0. The lowest BCUT2D eigenvalue weighted by Gasteiger charge is -2.44. The molecule has 6 bridgehead atoms. The first-order valence-electron chi connectivity index (χ1n) is 7.02. The summed E-state index contributed by atoms with van der Waals surface area (Å²) in [4.78, 5) is 0. The van der Waals surface area contributed by atoms with Crippen LogP contribution in [-0.4, -0.2) is 0 Å². The van der Waals surface area contributed by atoms with Gasteiger partial charge in [0.25, 0.3) is 0 Å². The van der Waals surface area contributed by atoms with Crippen LogP contribution in [-0.2, 0) is 0 Å². The van der Waals surface area contributed by atoms with Crippen molar-refractivity contribution in [2.45, 2.75) is 47.0 Å². The summed E-state index contributed by atoms with van der Waals surface area (Å²) in [6.07, 6.45) is 4.68. The summed E-state index contributed by atoms with van der Waals surface area (Å²) >= 11 is 0. The lowest BCUT2D eigenvalue weighted by Crippen LogP contribution is -2.37. The summed E-state index contributed by atoms with van der Waals surface area (Å²) in [5.41, 5.74) is 1.56. The van der Waals surface area contributed by atoms with Gasteiger partial charge in [0.05, 0.1) is 0 Å². The third-order valence-corrected chi connectivity index (χ3v) is 7.57. The van der Waals surface area contributed by atoms with Crippen molar-refractivity contribution >= 4 is 0 Å². The molecule has 5 aliphatic rings. The molecular weight excluding hydrogens is 180 g/mol. The number of rotatable bonds is 1. The molecule has 15 heavy (non-hydrogen) atoms. The smallest absolute Gasteiger partial charge is 0.0204 e. The molecule has 0 saturated heterocycles. The summed E-state index contributed by atoms with van der Waals surface area (Å²) in [5, 5.41) is 0. The standard InChI is InChI=1S/C15H24/c1-8(2)9-5-6-14(3)10-7-11-13(12(9)10)15(11,14)4/h8-13H,5-7H2,1-4H3/t9-,10+,11-,12+,13?,14-,15?/m0/s1. The zero-order valence-electron chi connectivity index (χ0n) is 10.6. The van der Waals surface area contributed by atoms with Gasteiger partial charge in [-0.1, -0.05) is 27.7 Å². The molecule has 0 heteroatoms. The Kier molecular flexibility index (Phi) is 1.31. The van der Waals surface area contributed by atoms with Gasteiger partial charge >= 0.3 is 0 Å². The van der Waals surface area contributed by atoms with Gasteiger partial charge in [0.1, 0.15) is 0 Å². The van der Waals surface area contributed by atoms with Crippen molar-refractivity contribution in [3.63, 3.8) is 0 Å². The molecule has 0 aromatic carbocycles. The lowest BCUT2D eigenvalue weighted by molar-refractivity contribution is 0.0483. The summed E-state index contributed by atoms with van der Waals surface area (Å²) in [6.45, 7) is 10.2. The van der Waals surface area contributed by atoms with Crippen LogP contribution in [0.2, 0.25) is 0 Å². The second-order valence-electron chi connectivity index (χ2n) is 7.70. The van der Waals surface area contributed by atoms with E-state index in [-0.39, 0.29) is 0 Å². The molecule has 5 saturated carbocycles. The molecule has 0 amide bonds. The minimum atomic E-state index is 0.762. The third kappa shape index (κ3) is 0.666. The first kappa shape index (κ1) is 9.07. The first-order valence-corrected chi connectivity index (χ1v) is 7.02. The van der Waals surface area contributed by atoms with E-state index in [0.29, 0.717) is 0 Å². The Hall–Kier alpha value is 0. The monoisotopic (exact) mass is 204 g/mol. The zero-order chi connectivity index (χ0) is 10.6. The van der Waals surface area contributed by atoms with Gasteiger partial charge in [-0.15, -0.1) is 0 Å². The second-order valence-corrected chi connectivity index (χ2v) is 7.70. The Morgan fingerprint density at radius 3 is 2.47 bits per heavy atom. The van der Waals surface area contributed by atoms with E-state index in [1.807, 2.05) is 0 Å². The Morgan fingerprint density at radius 1 is 1.13 bits per heavy atom. The van der Waals surface area contributed by atoms with Crippen molar-refractivity contribution in [1.82, 2.24) is 0 Å². The fourth-order valence-corrected chi connectivity index (χ4v) is 6.72. The lowest BCUT2D eigenvalue weighted by atomic mass is 9.61.